The molecule has 0 radical (unpaired) electrons. The number of rotatable bonds is 11. The Balaban J connectivity index is -0.00000112. The van der Waals surface area contributed by atoms with Gasteiger partial charge in [-0.25, -0.2) is 0 Å². The summed E-state index contributed by atoms with van der Waals surface area (Å²) in [5.74, 6) is 0. The summed E-state index contributed by atoms with van der Waals surface area (Å²) in [6.07, 6.45) is 14.4. The summed E-state index contributed by atoms with van der Waals surface area (Å²) in [5, 5.41) is 0. The Morgan fingerprint density at radius 2 is 0.944 bits per heavy atom. The molecular formula is C15H39ClN2+2. The quantitative estimate of drug-likeness (QED) is 0.446. The minimum absolute atomic E-state index is 0. The molecule has 0 aliphatic rings. The third-order valence-electron chi connectivity index (χ3n) is 3.18. The van der Waals surface area contributed by atoms with E-state index in [0.29, 0.717) is 0 Å². The maximum Gasteiger partial charge on any atom is 0.0903 e. The van der Waals surface area contributed by atoms with Crippen LogP contribution in [0.15, 0.2) is 0 Å². The summed E-state index contributed by atoms with van der Waals surface area (Å²) in [6.45, 7) is 3.62. The SMILES string of the molecule is CCCCCCCCCCCC[N+](C)(C)C.N.[ClH2+]. The molecule has 0 aliphatic carbocycles. The molecule has 0 saturated heterocycles. The van der Waals surface area contributed by atoms with E-state index in [1.54, 1.807) is 0 Å². The fourth-order valence-electron chi connectivity index (χ4n) is 2.07. The van der Waals surface area contributed by atoms with Crippen molar-refractivity contribution >= 4 is 0 Å². The van der Waals surface area contributed by atoms with Gasteiger partial charge in [-0.3, -0.25) is 0 Å². The lowest BCUT2D eigenvalue weighted by Crippen LogP contribution is -2.35. The lowest BCUT2D eigenvalue weighted by Gasteiger charge is -2.23. The van der Waals surface area contributed by atoms with Gasteiger partial charge in [0.25, 0.3) is 0 Å². The second-order valence-electron chi connectivity index (χ2n) is 6.20. The molecule has 0 rings (SSSR count). The highest BCUT2D eigenvalue weighted by Gasteiger charge is 2.04. The molecule has 3 N–H and O–H groups in total. The van der Waals surface area contributed by atoms with Crippen LogP contribution in [-0.4, -0.2) is 32.2 Å². The van der Waals surface area contributed by atoms with Gasteiger partial charge in [0.15, 0.2) is 0 Å². The number of nitrogens with zero attached hydrogens (tertiary/aromatic N) is 1. The Morgan fingerprint density at radius 3 is 1.28 bits per heavy atom. The van der Waals surface area contributed by atoms with Crippen molar-refractivity contribution in [2.45, 2.75) is 71.1 Å². The van der Waals surface area contributed by atoms with E-state index in [4.69, 9.17) is 0 Å². The number of hydrogen-bond acceptors (Lipinski definition) is 1. The van der Waals surface area contributed by atoms with E-state index in [2.05, 4.69) is 28.1 Å². The van der Waals surface area contributed by atoms with Crippen LogP contribution in [0.5, 0.6) is 0 Å². The Hall–Kier alpha value is 0.210. The highest BCUT2D eigenvalue weighted by molar-refractivity contribution is 4.47. The van der Waals surface area contributed by atoms with Crippen molar-refractivity contribution in [2.24, 2.45) is 0 Å². The predicted octanol–water partition coefficient (Wildman–Crippen LogP) is 4.24. The molecule has 3 heteroatoms. The minimum Gasteiger partial charge on any atom is -0.344 e. The van der Waals surface area contributed by atoms with Gasteiger partial charge in [0.2, 0.25) is 0 Å². The summed E-state index contributed by atoms with van der Waals surface area (Å²) in [7, 11) is 6.86. The van der Waals surface area contributed by atoms with Crippen molar-refractivity contribution in [3.63, 3.8) is 0 Å². The van der Waals surface area contributed by atoms with Gasteiger partial charge in [-0.15, -0.1) is 0 Å². The lowest BCUT2D eigenvalue weighted by molar-refractivity contribution is -0.870. The molecule has 0 saturated carbocycles. The minimum atomic E-state index is 0. The molecule has 0 unspecified atom stereocenters. The van der Waals surface area contributed by atoms with Gasteiger partial charge < -0.3 is 10.6 Å². The van der Waals surface area contributed by atoms with E-state index < -0.39 is 0 Å². The van der Waals surface area contributed by atoms with Gasteiger partial charge in [-0.05, 0) is 12.8 Å². The van der Waals surface area contributed by atoms with E-state index in [1.807, 2.05) is 0 Å². The van der Waals surface area contributed by atoms with Crippen LogP contribution >= 0.6 is 0 Å². The maximum atomic E-state index is 2.29. The molecule has 0 aliphatic heterocycles. The second-order valence-corrected chi connectivity index (χ2v) is 6.20. The summed E-state index contributed by atoms with van der Waals surface area (Å²) in [5.41, 5.74) is 0. The van der Waals surface area contributed by atoms with Crippen molar-refractivity contribution < 1.29 is 16.9 Å². The Labute approximate surface area is 122 Å². The molecule has 0 aromatic rings. The second kappa shape index (κ2) is 15.3. The zero-order valence-electron chi connectivity index (χ0n) is 13.4. The topological polar surface area (TPSA) is 35.0 Å². The first-order valence-electron chi connectivity index (χ1n) is 7.36. The summed E-state index contributed by atoms with van der Waals surface area (Å²) in [4.78, 5) is 0. The molecule has 2 nitrogen and oxygen atoms in total. The standard InChI is InChI=1S/C15H34N.ClH2.H3N/c1-5-6-7-8-9-10-11-12-13-14-15-16(2,3)4;;/h5-15H2,1-4H3;1H2;1H3/q2*+1;. The first-order chi connectivity index (χ1) is 7.56. The predicted molar refractivity (Wildman–Crippen MR) is 82.6 cm³/mol. The van der Waals surface area contributed by atoms with Crippen LogP contribution in [0.2, 0.25) is 0 Å². The van der Waals surface area contributed by atoms with E-state index in [9.17, 15) is 0 Å². The smallest absolute Gasteiger partial charge is 0.0903 e. The van der Waals surface area contributed by atoms with Gasteiger partial charge in [-0.1, -0.05) is 58.3 Å². The van der Waals surface area contributed by atoms with Crippen LogP contribution in [0.4, 0.5) is 0 Å². The van der Waals surface area contributed by atoms with Crippen molar-refractivity contribution in [1.82, 2.24) is 6.15 Å². The van der Waals surface area contributed by atoms with Crippen LogP contribution in [0.3, 0.4) is 0 Å². The van der Waals surface area contributed by atoms with E-state index in [-0.39, 0.29) is 18.6 Å². The summed E-state index contributed by atoms with van der Waals surface area (Å²) >= 11 is 0. The molecule has 0 atom stereocenters. The van der Waals surface area contributed by atoms with Crippen LogP contribution in [0, 0.1) is 12.4 Å². The number of hydrogen-bond donors (Lipinski definition) is 1. The first-order valence-corrected chi connectivity index (χ1v) is 7.36. The van der Waals surface area contributed by atoms with Crippen molar-refractivity contribution in [3.8, 4) is 0 Å². The third kappa shape index (κ3) is 21.5. The highest BCUT2D eigenvalue weighted by atomic mass is 35.5. The number of quaternary nitrogens is 1. The molecule has 0 amide bonds. The molecular weight excluding hydrogens is 244 g/mol. The lowest BCUT2D eigenvalue weighted by atomic mass is 10.1. The first kappa shape index (κ1) is 23.3. The summed E-state index contributed by atoms with van der Waals surface area (Å²) in [6, 6.07) is 0. The van der Waals surface area contributed by atoms with Crippen molar-refractivity contribution in [2.75, 3.05) is 27.7 Å². The molecule has 0 fully saturated rings. The van der Waals surface area contributed by atoms with Crippen LogP contribution in [0.25, 0.3) is 0 Å². The zero-order chi connectivity index (χ0) is 12.3. The average Bonchev–Trinajstić information content (AvgIpc) is 2.19. The van der Waals surface area contributed by atoms with Gasteiger partial charge in [0, 0.05) is 0 Å². The molecule has 0 heterocycles. The van der Waals surface area contributed by atoms with Gasteiger partial charge in [0.1, 0.15) is 0 Å². The maximum absolute atomic E-state index is 2.29. The summed E-state index contributed by atoms with van der Waals surface area (Å²) < 4.78 is 1.12. The van der Waals surface area contributed by atoms with Gasteiger partial charge in [-0.2, -0.15) is 0 Å². The van der Waals surface area contributed by atoms with Gasteiger partial charge in [0.05, 0.1) is 40.1 Å². The normalized spacial score (nSPS) is 10.7. The molecule has 0 bridgehead atoms. The fourth-order valence-corrected chi connectivity index (χ4v) is 2.07. The molecule has 0 aromatic heterocycles. The Bertz CT molecular complexity index is 144. The molecule has 18 heavy (non-hydrogen) atoms. The molecule has 0 spiro atoms. The largest absolute Gasteiger partial charge is 0.344 e. The van der Waals surface area contributed by atoms with Crippen LogP contribution < -0.4 is 6.15 Å². The van der Waals surface area contributed by atoms with E-state index in [0.717, 1.165) is 4.48 Å². The van der Waals surface area contributed by atoms with E-state index >= 15 is 0 Å². The van der Waals surface area contributed by atoms with Gasteiger partial charge >= 0.3 is 0 Å². The molecule has 0 aromatic carbocycles. The van der Waals surface area contributed by atoms with E-state index in [1.165, 1.54) is 70.8 Å². The third-order valence-corrected chi connectivity index (χ3v) is 3.18. The van der Waals surface area contributed by atoms with Crippen molar-refractivity contribution in [3.05, 3.63) is 0 Å². The highest BCUT2D eigenvalue weighted by Crippen LogP contribution is 2.10. The Kier molecular flexibility index (Phi) is 19.8. The fraction of sp³-hybridized carbons (Fsp3) is 1.00. The van der Waals surface area contributed by atoms with Crippen LogP contribution in [0.1, 0.15) is 71.1 Å². The number of halogens is 1. The molecule has 114 valence electrons. The number of unbranched alkanes of at least 4 members (excludes halogenated alkanes) is 9. The monoisotopic (exact) mass is 282 g/mol. The Morgan fingerprint density at radius 1 is 0.611 bits per heavy atom. The average molecular weight is 283 g/mol. The van der Waals surface area contributed by atoms with Crippen molar-refractivity contribution in [1.29, 1.82) is 0 Å². The van der Waals surface area contributed by atoms with Crippen LogP contribution in [-0.2, 0) is 0 Å². The zero-order valence-corrected chi connectivity index (χ0v) is 14.3.